The van der Waals surface area contributed by atoms with E-state index >= 15 is 0 Å². The largest absolute Gasteiger partial charge is 0.507 e. The fraction of sp³-hybridized carbons (Fsp3) is 0.238. The van der Waals surface area contributed by atoms with Crippen LogP contribution in [0.3, 0.4) is 0 Å². The van der Waals surface area contributed by atoms with Crippen molar-refractivity contribution in [1.82, 2.24) is 9.97 Å². The second kappa shape index (κ2) is 8.51. The number of ether oxygens (including phenoxy) is 1. The van der Waals surface area contributed by atoms with Gasteiger partial charge in [0.1, 0.15) is 17.3 Å². The molecule has 1 atom stereocenters. The minimum Gasteiger partial charge on any atom is -0.507 e. The van der Waals surface area contributed by atoms with Crippen LogP contribution >= 0.6 is 0 Å². The van der Waals surface area contributed by atoms with E-state index in [-0.39, 0.29) is 11.8 Å². The highest BCUT2D eigenvalue weighted by molar-refractivity contribution is 5.77. The molecule has 0 aliphatic carbocycles. The summed E-state index contributed by atoms with van der Waals surface area (Å²) < 4.78 is 5.44. The Morgan fingerprint density at radius 3 is 2.74 bits per heavy atom. The molecule has 0 saturated carbocycles. The van der Waals surface area contributed by atoms with E-state index in [2.05, 4.69) is 15.3 Å². The Hall–Kier alpha value is -3.12. The van der Waals surface area contributed by atoms with E-state index in [9.17, 15) is 5.11 Å². The van der Waals surface area contributed by atoms with E-state index in [0.717, 1.165) is 23.3 Å². The monoisotopic (exact) mass is 364 g/mol. The molecule has 4 N–H and O–H groups in total. The van der Waals surface area contributed by atoms with Crippen LogP contribution in [-0.4, -0.2) is 34.8 Å². The molecule has 0 saturated heterocycles. The molecule has 140 valence electrons. The molecular formula is C21H24N4O2. The van der Waals surface area contributed by atoms with Gasteiger partial charge in [-0.2, -0.15) is 0 Å². The maximum Gasteiger partial charge on any atom is 0.165 e. The van der Waals surface area contributed by atoms with Crippen molar-refractivity contribution in [3.8, 4) is 34.0 Å². The number of benzene rings is 2. The first-order valence-corrected chi connectivity index (χ1v) is 8.91. The van der Waals surface area contributed by atoms with Gasteiger partial charge >= 0.3 is 0 Å². The topological polar surface area (TPSA) is 93.3 Å². The molecule has 1 aromatic heterocycles. The number of rotatable bonds is 7. The summed E-state index contributed by atoms with van der Waals surface area (Å²) in [6, 6.07) is 14.9. The summed E-state index contributed by atoms with van der Waals surface area (Å²) in [5, 5.41) is 13.6. The quantitative estimate of drug-likeness (QED) is 0.592. The molecular weight excluding hydrogens is 340 g/mol. The van der Waals surface area contributed by atoms with E-state index in [1.807, 2.05) is 43.3 Å². The summed E-state index contributed by atoms with van der Waals surface area (Å²) in [5.41, 5.74) is 8.35. The fourth-order valence-corrected chi connectivity index (χ4v) is 2.73. The van der Waals surface area contributed by atoms with Gasteiger partial charge in [0.2, 0.25) is 0 Å². The molecule has 0 aliphatic heterocycles. The smallest absolute Gasteiger partial charge is 0.165 e. The lowest BCUT2D eigenvalue weighted by atomic mass is 10.0. The van der Waals surface area contributed by atoms with Gasteiger partial charge in [-0.3, -0.25) is 0 Å². The molecule has 2 aromatic carbocycles. The van der Waals surface area contributed by atoms with Gasteiger partial charge in [-0.05, 0) is 36.2 Å². The number of para-hydroxylation sites is 1. The molecule has 0 spiro atoms. The zero-order valence-corrected chi connectivity index (χ0v) is 15.5. The highest BCUT2D eigenvalue weighted by Crippen LogP contribution is 2.35. The van der Waals surface area contributed by atoms with E-state index < -0.39 is 0 Å². The number of anilines is 1. The third-order valence-corrected chi connectivity index (χ3v) is 4.38. The number of nitrogens with one attached hydrogen (secondary N) is 1. The van der Waals surface area contributed by atoms with Crippen molar-refractivity contribution in [3.05, 3.63) is 54.7 Å². The molecule has 1 heterocycles. The summed E-state index contributed by atoms with van der Waals surface area (Å²) >= 11 is 0. The Balaban J connectivity index is 1.95. The summed E-state index contributed by atoms with van der Waals surface area (Å²) in [4.78, 5) is 8.84. The fourth-order valence-electron chi connectivity index (χ4n) is 2.73. The lowest BCUT2D eigenvalue weighted by Gasteiger charge is -2.13. The number of aromatic nitrogens is 2. The average molecular weight is 364 g/mol. The highest BCUT2D eigenvalue weighted by Gasteiger charge is 2.12. The van der Waals surface area contributed by atoms with Gasteiger partial charge in [0.15, 0.2) is 5.82 Å². The maximum atomic E-state index is 10.4. The van der Waals surface area contributed by atoms with E-state index in [1.54, 1.807) is 25.4 Å². The number of phenolic OH excluding ortho intramolecular Hbond substituents is 1. The van der Waals surface area contributed by atoms with Crippen molar-refractivity contribution in [2.75, 3.05) is 19.0 Å². The first kappa shape index (κ1) is 18.7. The number of hydrogen-bond donors (Lipinski definition) is 3. The summed E-state index contributed by atoms with van der Waals surface area (Å²) in [7, 11) is 1.64. The molecule has 27 heavy (non-hydrogen) atoms. The summed E-state index contributed by atoms with van der Waals surface area (Å²) in [5.74, 6) is 2.00. The van der Waals surface area contributed by atoms with Crippen LogP contribution in [0.4, 0.5) is 5.82 Å². The average Bonchev–Trinajstić information content (AvgIpc) is 2.72. The molecule has 0 fully saturated rings. The Morgan fingerprint density at radius 2 is 1.96 bits per heavy atom. The Labute approximate surface area is 159 Å². The van der Waals surface area contributed by atoms with Crippen molar-refractivity contribution in [3.63, 3.8) is 0 Å². The number of methoxy groups -OCH3 is 1. The van der Waals surface area contributed by atoms with E-state index in [1.165, 1.54) is 0 Å². The normalized spacial score (nSPS) is 11.8. The minimum absolute atomic E-state index is 0.0608. The van der Waals surface area contributed by atoms with Crippen molar-refractivity contribution in [2.45, 2.75) is 19.4 Å². The predicted molar refractivity (Wildman–Crippen MR) is 108 cm³/mol. The zero-order valence-electron chi connectivity index (χ0n) is 15.5. The first-order chi connectivity index (χ1) is 13.1. The van der Waals surface area contributed by atoms with Gasteiger partial charge in [-0.15, -0.1) is 0 Å². The van der Waals surface area contributed by atoms with Gasteiger partial charge in [0, 0.05) is 24.3 Å². The molecule has 3 rings (SSSR count). The molecule has 6 nitrogen and oxygen atoms in total. The first-order valence-electron chi connectivity index (χ1n) is 8.91. The molecule has 3 aromatic rings. The van der Waals surface area contributed by atoms with Gasteiger partial charge in [0.05, 0.1) is 12.7 Å². The maximum absolute atomic E-state index is 10.4. The van der Waals surface area contributed by atoms with Crippen LogP contribution in [0.2, 0.25) is 0 Å². The summed E-state index contributed by atoms with van der Waals surface area (Å²) in [6.45, 7) is 2.67. The van der Waals surface area contributed by atoms with Gasteiger partial charge in [-0.25, -0.2) is 9.97 Å². The van der Waals surface area contributed by atoms with Crippen LogP contribution in [0.5, 0.6) is 11.5 Å². The van der Waals surface area contributed by atoms with E-state index in [0.29, 0.717) is 23.8 Å². The van der Waals surface area contributed by atoms with E-state index in [4.69, 9.17) is 10.5 Å². The lowest BCUT2D eigenvalue weighted by Crippen LogP contribution is -2.28. The van der Waals surface area contributed by atoms with Crippen LogP contribution in [-0.2, 0) is 0 Å². The van der Waals surface area contributed by atoms with Crippen LogP contribution in [0, 0.1) is 0 Å². The standard InChI is InChI=1S/C21H24N4O2/c1-3-15(22)13-24-20-10-11-23-21(25-20)17-12-14(8-9-18(17)26)16-6-4-5-7-19(16)27-2/h4-12,15,26H,3,13,22H2,1-2H3,(H,23,24,25)/t15-/m0/s1. The number of nitrogens with zero attached hydrogens (tertiary/aromatic N) is 2. The third-order valence-electron chi connectivity index (χ3n) is 4.38. The molecule has 0 aliphatic rings. The molecule has 0 amide bonds. The van der Waals surface area contributed by atoms with Crippen molar-refractivity contribution in [2.24, 2.45) is 5.73 Å². The second-order valence-corrected chi connectivity index (χ2v) is 6.25. The third kappa shape index (κ3) is 4.35. The summed E-state index contributed by atoms with van der Waals surface area (Å²) in [6.07, 6.45) is 2.55. The number of nitrogens with two attached hydrogens (primary N) is 1. The van der Waals surface area contributed by atoms with Crippen LogP contribution in [0.1, 0.15) is 13.3 Å². The second-order valence-electron chi connectivity index (χ2n) is 6.25. The van der Waals surface area contributed by atoms with Gasteiger partial charge in [0.25, 0.3) is 0 Å². The van der Waals surface area contributed by atoms with Crippen molar-refractivity contribution < 1.29 is 9.84 Å². The van der Waals surface area contributed by atoms with Crippen molar-refractivity contribution in [1.29, 1.82) is 0 Å². The molecule has 0 unspecified atom stereocenters. The number of aromatic hydroxyl groups is 1. The van der Waals surface area contributed by atoms with Crippen LogP contribution < -0.4 is 15.8 Å². The predicted octanol–water partition coefficient (Wildman–Crippen LogP) is 3.67. The highest BCUT2D eigenvalue weighted by atomic mass is 16.5. The van der Waals surface area contributed by atoms with Gasteiger partial charge in [-0.1, -0.05) is 31.2 Å². The number of hydrogen-bond acceptors (Lipinski definition) is 6. The molecule has 0 bridgehead atoms. The SMILES string of the molecule is CC[C@H](N)CNc1ccnc(-c2cc(-c3ccccc3OC)ccc2O)n1. The minimum atomic E-state index is 0.0608. The molecule has 0 radical (unpaired) electrons. The Kier molecular flexibility index (Phi) is 5.88. The number of phenols is 1. The van der Waals surface area contributed by atoms with Crippen molar-refractivity contribution >= 4 is 5.82 Å². The zero-order chi connectivity index (χ0) is 19.2. The van der Waals surface area contributed by atoms with Crippen LogP contribution in [0.25, 0.3) is 22.5 Å². The van der Waals surface area contributed by atoms with Crippen LogP contribution in [0.15, 0.2) is 54.7 Å². The molecule has 6 heteroatoms. The lowest BCUT2D eigenvalue weighted by molar-refractivity contribution is 0.416. The Bertz CT molecular complexity index is 914. The van der Waals surface area contributed by atoms with Gasteiger partial charge < -0.3 is 20.9 Å². The Morgan fingerprint density at radius 1 is 1.15 bits per heavy atom.